The summed E-state index contributed by atoms with van der Waals surface area (Å²) in [6, 6.07) is 10.2. The largest absolute Gasteiger partial charge is 0.411 e. The zero-order valence-corrected chi connectivity index (χ0v) is 13.1. The van der Waals surface area contributed by atoms with Crippen LogP contribution >= 0.6 is 11.3 Å². The number of carbonyl (C=O) groups excluding carboxylic acids is 1. The third-order valence-electron chi connectivity index (χ3n) is 3.52. The minimum absolute atomic E-state index is 0.341. The van der Waals surface area contributed by atoms with Gasteiger partial charge in [0.05, 0.1) is 10.6 Å². The fourth-order valence-corrected chi connectivity index (χ4v) is 3.41. The van der Waals surface area contributed by atoms with Crippen LogP contribution in [0.1, 0.15) is 43.4 Å². The molecule has 1 heterocycles. The van der Waals surface area contributed by atoms with E-state index in [4.69, 9.17) is 5.21 Å². The van der Waals surface area contributed by atoms with Crippen molar-refractivity contribution in [1.82, 2.24) is 5.48 Å². The molecular formula is C16H20N2O3S. The van der Waals surface area contributed by atoms with E-state index in [0.29, 0.717) is 12.1 Å². The lowest BCUT2D eigenvalue weighted by atomic mass is 10.1. The molecule has 0 radical (unpaired) electrons. The van der Waals surface area contributed by atoms with Crippen molar-refractivity contribution in [3.8, 4) is 0 Å². The van der Waals surface area contributed by atoms with Crippen molar-refractivity contribution in [3.63, 3.8) is 0 Å². The first-order valence-corrected chi connectivity index (χ1v) is 8.19. The van der Waals surface area contributed by atoms with Crippen LogP contribution in [0.4, 0.5) is 0 Å². The Labute approximate surface area is 133 Å². The topological polar surface area (TPSA) is 81.9 Å². The number of amides is 1. The van der Waals surface area contributed by atoms with Crippen LogP contribution in [-0.4, -0.2) is 22.0 Å². The smallest absolute Gasteiger partial charge is 0.243 e. The highest BCUT2D eigenvalue weighted by molar-refractivity contribution is 7.20. The normalized spacial score (nSPS) is 11.8. The summed E-state index contributed by atoms with van der Waals surface area (Å²) >= 11 is 1.63. The first-order valence-electron chi connectivity index (χ1n) is 7.37. The zero-order chi connectivity index (χ0) is 15.8. The Balaban J connectivity index is 1.79. The number of fused-ring (bicyclic) bond motifs is 1. The predicted octanol–water partition coefficient (Wildman–Crippen LogP) is 3.93. The number of rotatable bonds is 8. The van der Waals surface area contributed by atoms with Gasteiger partial charge in [0.1, 0.15) is 0 Å². The van der Waals surface area contributed by atoms with Gasteiger partial charge in [-0.3, -0.25) is 10.0 Å². The Hall–Kier alpha value is -1.92. The second-order valence-corrected chi connectivity index (χ2v) is 6.23. The maximum absolute atomic E-state index is 10.9. The van der Waals surface area contributed by atoms with Gasteiger partial charge in [0.2, 0.25) is 5.91 Å². The van der Waals surface area contributed by atoms with Gasteiger partial charge in [-0.2, -0.15) is 0 Å². The first kappa shape index (κ1) is 16.5. The number of oxime groups is 1. The summed E-state index contributed by atoms with van der Waals surface area (Å²) in [5.74, 6) is -0.345. The molecule has 1 aromatic carbocycles. The molecule has 0 fully saturated rings. The Morgan fingerprint density at radius 1 is 1.14 bits per heavy atom. The Kier molecular flexibility index (Phi) is 6.36. The molecule has 0 saturated heterocycles. The van der Waals surface area contributed by atoms with E-state index in [9.17, 15) is 10.0 Å². The fraction of sp³-hybridized carbons (Fsp3) is 0.375. The monoisotopic (exact) mass is 320 g/mol. The summed E-state index contributed by atoms with van der Waals surface area (Å²) in [6.07, 6.45) is 4.60. The molecule has 2 aromatic rings. The van der Waals surface area contributed by atoms with Gasteiger partial charge in [-0.1, -0.05) is 36.2 Å². The van der Waals surface area contributed by atoms with Crippen LogP contribution < -0.4 is 5.48 Å². The maximum Gasteiger partial charge on any atom is 0.243 e. The molecule has 1 amide bonds. The lowest BCUT2D eigenvalue weighted by Crippen LogP contribution is -2.17. The lowest BCUT2D eigenvalue weighted by Gasteiger charge is -2.02. The molecule has 5 nitrogen and oxygen atoms in total. The molecule has 2 rings (SSSR count). The molecular weight excluding hydrogens is 300 g/mol. The number of nitrogens with one attached hydrogen (secondary N) is 1. The van der Waals surface area contributed by atoms with Gasteiger partial charge in [0.25, 0.3) is 0 Å². The zero-order valence-electron chi connectivity index (χ0n) is 12.3. The van der Waals surface area contributed by atoms with Gasteiger partial charge in [-0.15, -0.1) is 11.3 Å². The van der Waals surface area contributed by atoms with Crippen LogP contribution in [0.5, 0.6) is 0 Å². The van der Waals surface area contributed by atoms with E-state index < -0.39 is 0 Å². The molecule has 0 aliphatic heterocycles. The van der Waals surface area contributed by atoms with Crippen molar-refractivity contribution in [2.45, 2.75) is 38.5 Å². The minimum Gasteiger partial charge on any atom is -0.411 e. The second kappa shape index (κ2) is 8.51. The Morgan fingerprint density at radius 3 is 2.55 bits per heavy atom. The SMILES string of the molecule is O=C(CCCCCC/C(=N\O)c1cc2ccccc2s1)NO. The van der Waals surface area contributed by atoms with Gasteiger partial charge in [-0.05, 0) is 36.8 Å². The molecule has 22 heavy (non-hydrogen) atoms. The standard InChI is InChI=1S/C16H20N2O3S/c19-16(18-21)10-4-2-1-3-8-13(17-20)15-11-12-7-5-6-9-14(12)22-15/h5-7,9,11,20-21H,1-4,8,10H2,(H,18,19)/b17-13+. The lowest BCUT2D eigenvalue weighted by molar-refractivity contribution is -0.129. The van der Waals surface area contributed by atoms with Crippen LogP contribution in [0.3, 0.4) is 0 Å². The van der Waals surface area contributed by atoms with Gasteiger partial charge in [0.15, 0.2) is 0 Å². The number of carbonyl (C=O) groups is 1. The molecule has 0 aliphatic carbocycles. The van der Waals surface area contributed by atoms with Crippen molar-refractivity contribution in [3.05, 3.63) is 35.2 Å². The molecule has 0 bridgehead atoms. The molecule has 0 saturated carbocycles. The number of nitrogens with zero attached hydrogens (tertiary/aromatic N) is 1. The molecule has 0 aliphatic rings. The number of unbranched alkanes of at least 4 members (excludes halogenated alkanes) is 3. The summed E-state index contributed by atoms with van der Waals surface area (Å²) in [7, 11) is 0. The van der Waals surface area contributed by atoms with Gasteiger partial charge in [-0.25, -0.2) is 5.48 Å². The summed E-state index contributed by atoms with van der Waals surface area (Å²) in [5, 5.41) is 22.2. The summed E-state index contributed by atoms with van der Waals surface area (Å²) in [5.41, 5.74) is 2.34. The van der Waals surface area contributed by atoms with Crippen molar-refractivity contribution < 1.29 is 15.2 Å². The second-order valence-electron chi connectivity index (χ2n) is 5.14. The summed E-state index contributed by atoms with van der Waals surface area (Å²) < 4.78 is 1.19. The van der Waals surface area contributed by atoms with E-state index in [1.54, 1.807) is 16.8 Å². The third-order valence-corrected chi connectivity index (χ3v) is 4.69. The van der Waals surface area contributed by atoms with Crippen molar-refractivity contribution in [2.24, 2.45) is 5.16 Å². The van der Waals surface area contributed by atoms with E-state index >= 15 is 0 Å². The molecule has 0 spiro atoms. The van der Waals surface area contributed by atoms with Gasteiger partial charge < -0.3 is 5.21 Å². The third kappa shape index (κ3) is 4.54. The number of hydroxylamine groups is 1. The van der Waals surface area contributed by atoms with Crippen LogP contribution in [0.15, 0.2) is 35.5 Å². The molecule has 1 aromatic heterocycles. The van der Waals surface area contributed by atoms with Gasteiger partial charge in [0, 0.05) is 11.1 Å². The molecule has 0 atom stereocenters. The molecule has 118 valence electrons. The number of benzene rings is 1. The van der Waals surface area contributed by atoms with E-state index in [0.717, 1.165) is 37.0 Å². The van der Waals surface area contributed by atoms with Crippen LogP contribution in [0.25, 0.3) is 10.1 Å². The van der Waals surface area contributed by atoms with Crippen molar-refractivity contribution in [1.29, 1.82) is 0 Å². The average Bonchev–Trinajstić information content (AvgIpc) is 2.97. The molecule has 6 heteroatoms. The highest BCUT2D eigenvalue weighted by Gasteiger charge is 2.09. The van der Waals surface area contributed by atoms with E-state index in [1.807, 2.05) is 12.1 Å². The van der Waals surface area contributed by atoms with Gasteiger partial charge >= 0.3 is 0 Å². The Morgan fingerprint density at radius 2 is 1.86 bits per heavy atom. The molecule has 0 unspecified atom stereocenters. The predicted molar refractivity (Wildman–Crippen MR) is 87.8 cm³/mol. The van der Waals surface area contributed by atoms with E-state index in [2.05, 4.69) is 23.4 Å². The first-order chi connectivity index (χ1) is 10.7. The fourth-order valence-electron chi connectivity index (χ4n) is 2.33. The highest BCUT2D eigenvalue weighted by atomic mass is 32.1. The average molecular weight is 320 g/mol. The number of hydrogen-bond acceptors (Lipinski definition) is 5. The van der Waals surface area contributed by atoms with Crippen LogP contribution in [0.2, 0.25) is 0 Å². The van der Waals surface area contributed by atoms with Crippen molar-refractivity contribution >= 4 is 33.0 Å². The summed E-state index contributed by atoms with van der Waals surface area (Å²) in [6.45, 7) is 0. The van der Waals surface area contributed by atoms with E-state index in [-0.39, 0.29) is 5.91 Å². The minimum atomic E-state index is -0.345. The number of thiophene rings is 1. The van der Waals surface area contributed by atoms with E-state index in [1.165, 1.54) is 10.1 Å². The summed E-state index contributed by atoms with van der Waals surface area (Å²) in [4.78, 5) is 11.9. The highest BCUT2D eigenvalue weighted by Crippen LogP contribution is 2.27. The number of hydrogen-bond donors (Lipinski definition) is 3. The van der Waals surface area contributed by atoms with Crippen LogP contribution in [0, 0.1) is 0 Å². The molecule has 3 N–H and O–H groups in total. The Bertz CT molecular complexity index is 619. The maximum atomic E-state index is 10.9. The quantitative estimate of drug-likeness (QED) is 0.227. The van der Waals surface area contributed by atoms with Crippen molar-refractivity contribution in [2.75, 3.05) is 0 Å². The van der Waals surface area contributed by atoms with Crippen LogP contribution in [-0.2, 0) is 4.79 Å².